The van der Waals surface area contributed by atoms with Gasteiger partial charge in [-0.25, -0.2) is 4.79 Å². The van der Waals surface area contributed by atoms with Crippen molar-refractivity contribution < 1.29 is 19.2 Å². The van der Waals surface area contributed by atoms with Crippen LogP contribution in [0, 0.1) is 0 Å². The number of carbonyl (C=O) groups is 1. The van der Waals surface area contributed by atoms with Crippen LogP contribution in [0.4, 0.5) is 0 Å². The highest BCUT2D eigenvalue weighted by Crippen LogP contribution is 2.41. The zero-order valence-corrected chi connectivity index (χ0v) is 11.5. The van der Waals surface area contributed by atoms with Crippen molar-refractivity contribution in [3.8, 4) is 5.75 Å². The highest BCUT2D eigenvalue weighted by molar-refractivity contribution is 6.09. The molecular formula is C15H13NO5. The molecule has 0 bridgehead atoms. The number of hydrogen-bond donors (Lipinski definition) is 1. The molecule has 1 atom stereocenters. The van der Waals surface area contributed by atoms with Crippen LogP contribution in [0.2, 0.25) is 0 Å². The van der Waals surface area contributed by atoms with Gasteiger partial charge in [0, 0.05) is 11.5 Å². The van der Waals surface area contributed by atoms with E-state index in [9.17, 15) is 9.59 Å². The number of Topliss-reactive ketones (excluding diaryl/α,β-unsaturated/α-hetero) is 1. The van der Waals surface area contributed by atoms with Crippen LogP contribution in [-0.2, 0) is 4.79 Å². The standard InChI is InChI=1S/C15H13NO5/c1-15(2)14(18)9(7-16-19)12-10(21-15)5-3-8-4-6-11(17)20-13(8)12/h3-7,9,19H,1-2H3/b16-7+/t9-/m1/s1. The Morgan fingerprint density at radius 2 is 1.95 bits per heavy atom. The number of fused-ring (bicyclic) bond motifs is 3. The van der Waals surface area contributed by atoms with Crippen molar-refractivity contribution in [3.05, 3.63) is 40.2 Å². The number of rotatable bonds is 1. The van der Waals surface area contributed by atoms with Crippen LogP contribution >= 0.6 is 0 Å². The Hall–Kier alpha value is -2.63. The van der Waals surface area contributed by atoms with E-state index in [1.165, 1.54) is 6.07 Å². The molecule has 0 saturated heterocycles. The zero-order chi connectivity index (χ0) is 15.2. The smallest absolute Gasteiger partial charge is 0.336 e. The topological polar surface area (TPSA) is 89.1 Å². The SMILES string of the molecule is CC1(C)Oc2ccc3ccc(=O)oc3c2[C@@H](/C=N/O)C1=O. The lowest BCUT2D eigenvalue weighted by Crippen LogP contribution is -2.45. The van der Waals surface area contributed by atoms with Crippen LogP contribution in [0.1, 0.15) is 25.3 Å². The van der Waals surface area contributed by atoms with Crippen LogP contribution in [0.15, 0.2) is 38.6 Å². The highest BCUT2D eigenvalue weighted by Gasteiger charge is 2.43. The van der Waals surface area contributed by atoms with E-state index in [2.05, 4.69) is 5.16 Å². The molecule has 1 aromatic carbocycles. The molecule has 2 heterocycles. The first kappa shape index (κ1) is 13.4. The number of benzene rings is 1. The maximum Gasteiger partial charge on any atom is 0.336 e. The lowest BCUT2D eigenvalue weighted by molar-refractivity contribution is -0.133. The summed E-state index contributed by atoms with van der Waals surface area (Å²) in [6.07, 6.45) is 1.12. The number of oxime groups is 1. The molecule has 0 unspecified atom stereocenters. The minimum Gasteiger partial charge on any atom is -0.480 e. The molecule has 0 spiro atoms. The number of nitrogens with zero attached hydrogens (tertiary/aromatic N) is 1. The molecule has 2 aromatic rings. The molecule has 6 nitrogen and oxygen atoms in total. The van der Waals surface area contributed by atoms with E-state index >= 15 is 0 Å². The lowest BCUT2D eigenvalue weighted by atomic mass is 9.83. The molecular weight excluding hydrogens is 274 g/mol. The average Bonchev–Trinajstić information content (AvgIpc) is 2.43. The van der Waals surface area contributed by atoms with Gasteiger partial charge in [-0.2, -0.15) is 0 Å². The summed E-state index contributed by atoms with van der Waals surface area (Å²) in [7, 11) is 0. The van der Waals surface area contributed by atoms with Crippen molar-refractivity contribution in [3.63, 3.8) is 0 Å². The molecule has 21 heavy (non-hydrogen) atoms. The Morgan fingerprint density at radius 1 is 1.24 bits per heavy atom. The number of ketones is 1. The maximum atomic E-state index is 12.5. The second-order valence-electron chi connectivity index (χ2n) is 5.37. The van der Waals surface area contributed by atoms with Crippen molar-refractivity contribution in [1.29, 1.82) is 0 Å². The molecule has 6 heteroatoms. The van der Waals surface area contributed by atoms with E-state index in [0.717, 1.165) is 6.21 Å². The molecule has 0 radical (unpaired) electrons. The number of hydrogen-bond acceptors (Lipinski definition) is 6. The predicted molar refractivity (Wildman–Crippen MR) is 75.2 cm³/mol. The minimum absolute atomic E-state index is 0.271. The largest absolute Gasteiger partial charge is 0.480 e. The Morgan fingerprint density at radius 3 is 2.67 bits per heavy atom. The first-order valence-corrected chi connectivity index (χ1v) is 6.41. The molecule has 0 fully saturated rings. The van der Waals surface area contributed by atoms with E-state index in [1.807, 2.05) is 0 Å². The van der Waals surface area contributed by atoms with E-state index < -0.39 is 17.1 Å². The first-order valence-electron chi connectivity index (χ1n) is 6.41. The Bertz CT molecular complexity index is 818. The van der Waals surface area contributed by atoms with Crippen LogP contribution < -0.4 is 10.4 Å². The van der Waals surface area contributed by atoms with Crippen molar-refractivity contribution >= 4 is 23.0 Å². The van der Waals surface area contributed by atoms with E-state index in [-0.39, 0.29) is 11.4 Å². The van der Waals surface area contributed by atoms with Crippen LogP contribution in [-0.4, -0.2) is 22.8 Å². The Labute approximate surface area is 119 Å². The van der Waals surface area contributed by atoms with Gasteiger partial charge in [0.2, 0.25) is 0 Å². The fourth-order valence-electron chi connectivity index (χ4n) is 2.56. The van der Waals surface area contributed by atoms with Gasteiger partial charge in [0.1, 0.15) is 11.3 Å². The van der Waals surface area contributed by atoms with Crippen molar-refractivity contribution in [2.24, 2.45) is 5.16 Å². The summed E-state index contributed by atoms with van der Waals surface area (Å²) in [5, 5.41) is 12.5. The van der Waals surface area contributed by atoms with Gasteiger partial charge in [-0.3, -0.25) is 4.79 Å². The molecule has 0 amide bonds. The van der Waals surface area contributed by atoms with Crippen molar-refractivity contribution in [2.45, 2.75) is 25.4 Å². The maximum absolute atomic E-state index is 12.5. The summed E-state index contributed by atoms with van der Waals surface area (Å²) >= 11 is 0. The molecule has 1 aliphatic heterocycles. The third-order valence-corrected chi connectivity index (χ3v) is 3.56. The fourth-order valence-corrected chi connectivity index (χ4v) is 2.56. The Balaban J connectivity index is 2.38. The van der Waals surface area contributed by atoms with Gasteiger partial charge in [0.25, 0.3) is 0 Å². The van der Waals surface area contributed by atoms with Crippen LogP contribution in [0.25, 0.3) is 11.0 Å². The van der Waals surface area contributed by atoms with Gasteiger partial charge in [-0.1, -0.05) is 0 Å². The molecule has 1 aliphatic rings. The van der Waals surface area contributed by atoms with E-state index in [0.29, 0.717) is 16.7 Å². The van der Waals surface area contributed by atoms with E-state index in [4.69, 9.17) is 14.4 Å². The fraction of sp³-hybridized carbons (Fsp3) is 0.267. The monoisotopic (exact) mass is 287 g/mol. The van der Waals surface area contributed by atoms with Gasteiger partial charge in [-0.15, -0.1) is 5.16 Å². The third kappa shape index (κ3) is 1.99. The number of ether oxygens (including phenoxy) is 1. The molecule has 0 saturated carbocycles. The lowest BCUT2D eigenvalue weighted by Gasteiger charge is -2.34. The summed E-state index contributed by atoms with van der Waals surface area (Å²) < 4.78 is 10.9. The van der Waals surface area contributed by atoms with Gasteiger partial charge in [0.15, 0.2) is 11.4 Å². The van der Waals surface area contributed by atoms with Crippen LogP contribution in [0.5, 0.6) is 5.75 Å². The highest BCUT2D eigenvalue weighted by atomic mass is 16.5. The molecule has 108 valence electrons. The summed E-state index contributed by atoms with van der Waals surface area (Å²) in [4.78, 5) is 23.9. The third-order valence-electron chi connectivity index (χ3n) is 3.56. The zero-order valence-electron chi connectivity index (χ0n) is 11.5. The van der Waals surface area contributed by atoms with Gasteiger partial charge in [-0.05, 0) is 32.0 Å². The summed E-state index contributed by atoms with van der Waals surface area (Å²) in [6.45, 7) is 3.28. The van der Waals surface area contributed by atoms with Crippen molar-refractivity contribution in [1.82, 2.24) is 0 Å². The summed E-state index contributed by atoms with van der Waals surface area (Å²) in [5.41, 5.74) is -0.893. The predicted octanol–water partition coefficient (Wildman–Crippen LogP) is 2.08. The minimum atomic E-state index is -1.05. The van der Waals surface area contributed by atoms with Crippen molar-refractivity contribution in [2.75, 3.05) is 0 Å². The summed E-state index contributed by atoms with van der Waals surface area (Å²) in [6, 6.07) is 6.37. The quantitative estimate of drug-likeness (QED) is 0.375. The average molecular weight is 287 g/mol. The van der Waals surface area contributed by atoms with E-state index in [1.54, 1.807) is 32.0 Å². The van der Waals surface area contributed by atoms with Crippen LogP contribution in [0.3, 0.4) is 0 Å². The molecule has 1 aromatic heterocycles. The van der Waals surface area contributed by atoms with Gasteiger partial charge < -0.3 is 14.4 Å². The van der Waals surface area contributed by atoms with Gasteiger partial charge >= 0.3 is 5.63 Å². The molecule has 3 rings (SSSR count). The molecule has 1 N–H and O–H groups in total. The number of carbonyl (C=O) groups excluding carboxylic acids is 1. The normalized spacial score (nSPS) is 20.5. The Kier molecular flexibility index (Phi) is 2.83. The molecule has 0 aliphatic carbocycles. The second kappa shape index (κ2) is 4.44. The summed E-state index contributed by atoms with van der Waals surface area (Å²) in [5.74, 6) is -0.666. The van der Waals surface area contributed by atoms with Gasteiger partial charge in [0.05, 0.1) is 17.7 Å². The first-order chi connectivity index (χ1) is 9.94. The second-order valence-corrected chi connectivity index (χ2v) is 5.37.